The van der Waals surface area contributed by atoms with Crippen molar-refractivity contribution in [2.45, 2.75) is 0 Å². The highest BCUT2D eigenvalue weighted by molar-refractivity contribution is 6.27. The fraction of sp³-hybridized carbons (Fsp3) is 0.143. The summed E-state index contributed by atoms with van der Waals surface area (Å²) in [5.74, 6) is -1.05. The fourth-order valence-electron chi connectivity index (χ4n) is 5.08. The van der Waals surface area contributed by atoms with Crippen molar-refractivity contribution >= 4 is 22.8 Å². The maximum atomic E-state index is 13.2. The Labute approximate surface area is 225 Å². The van der Waals surface area contributed by atoms with Crippen molar-refractivity contribution in [1.82, 2.24) is 18.3 Å². The van der Waals surface area contributed by atoms with E-state index in [-0.39, 0.29) is 22.6 Å². The molecule has 200 valence electrons. The summed E-state index contributed by atoms with van der Waals surface area (Å²) in [5, 5.41) is 21.7. The second-order valence-corrected chi connectivity index (χ2v) is 9.52. The summed E-state index contributed by atoms with van der Waals surface area (Å²) in [4.78, 5) is 60.6. The lowest BCUT2D eigenvalue weighted by Crippen LogP contribution is -2.40. The van der Waals surface area contributed by atoms with Crippen molar-refractivity contribution in [2.24, 2.45) is 38.2 Å². The first kappa shape index (κ1) is 24.8. The van der Waals surface area contributed by atoms with Gasteiger partial charge >= 0.3 is 11.4 Å². The van der Waals surface area contributed by atoms with E-state index in [1.54, 1.807) is 48.5 Å². The molecule has 0 radical (unpaired) electrons. The summed E-state index contributed by atoms with van der Waals surface area (Å²) in [6.45, 7) is 0. The normalized spacial score (nSPS) is 15.6. The number of aliphatic imine (C=N–C) groups is 2. The average molecular weight is 539 g/mol. The van der Waals surface area contributed by atoms with Crippen LogP contribution in [0.4, 0.5) is 0 Å². The molecule has 2 aliphatic heterocycles. The van der Waals surface area contributed by atoms with Gasteiger partial charge in [0.25, 0.3) is 11.1 Å². The lowest BCUT2D eigenvalue weighted by molar-refractivity contribution is 0.410. The molecule has 2 N–H and O–H groups in total. The summed E-state index contributed by atoms with van der Waals surface area (Å²) in [6, 6.07) is 14.2. The summed E-state index contributed by atoms with van der Waals surface area (Å²) < 4.78 is 3.72. The van der Waals surface area contributed by atoms with Crippen LogP contribution in [0, 0.1) is 0 Å². The molecule has 2 aromatic carbocycles. The topological polar surface area (TPSA) is 153 Å². The molecule has 2 aromatic heterocycles. The zero-order valence-corrected chi connectivity index (χ0v) is 21.8. The number of hydrogen-bond donors (Lipinski definition) is 2. The van der Waals surface area contributed by atoms with Crippen molar-refractivity contribution in [3.05, 3.63) is 124 Å². The van der Waals surface area contributed by atoms with Crippen molar-refractivity contribution in [3.8, 4) is 11.8 Å². The third kappa shape index (κ3) is 3.19. The van der Waals surface area contributed by atoms with Crippen LogP contribution in [0.1, 0.15) is 33.4 Å². The van der Waals surface area contributed by atoms with Crippen LogP contribution < -0.4 is 22.5 Å². The molecule has 0 aliphatic carbocycles. The molecular formula is C28H22N6O6. The molecule has 0 unspecified atom stereocenters. The van der Waals surface area contributed by atoms with Gasteiger partial charge in [0, 0.05) is 50.4 Å². The zero-order chi connectivity index (χ0) is 28.6. The molecule has 0 fully saturated rings. The van der Waals surface area contributed by atoms with Crippen LogP contribution in [0.5, 0.6) is 11.8 Å². The van der Waals surface area contributed by atoms with E-state index in [2.05, 4.69) is 0 Å². The van der Waals surface area contributed by atoms with E-state index >= 15 is 0 Å². The quantitative estimate of drug-likeness (QED) is 0.377. The van der Waals surface area contributed by atoms with Crippen molar-refractivity contribution in [2.75, 3.05) is 0 Å². The van der Waals surface area contributed by atoms with Crippen molar-refractivity contribution in [1.29, 1.82) is 0 Å². The Bertz CT molecular complexity index is 2000. The third-order valence-electron chi connectivity index (χ3n) is 7.29. The van der Waals surface area contributed by atoms with E-state index in [0.29, 0.717) is 33.6 Å². The summed E-state index contributed by atoms with van der Waals surface area (Å²) in [6.07, 6.45) is 0. The second-order valence-electron chi connectivity index (χ2n) is 9.52. The average Bonchev–Trinajstić information content (AvgIpc) is 3.52. The SMILES string of the molecule is Cn1c(O)c(C2=N/C(=C3/N=C(c4c(O)n(C)c(=O)n(C)c4=O)c4ccccc43)c3ccccc32)c(=O)n(C)c1=O. The predicted molar refractivity (Wildman–Crippen MR) is 148 cm³/mol. The first-order valence-corrected chi connectivity index (χ1v) is 12.1. The van der Waals surface area contributed by atoms with Crippen molar-refractivity contribution < 1.29 is 10.2 Å². The van der Waals surface area contributed by atoms with Gasteiger partial charge in [0.1, 0.15) is 11.1 Å². The first-order valence-electron chi connectivity index (χ1n) is 12.1. The molecule has 0 saturated heterocycles. The molecule has 6 rings (SSSR count). The maximum Gasteiger partial charge on any atom is 0.333 e. The second kappa shape index (κ2) is 8.50. The Morgan fingerprint density at radius 2 is 0.850 bits per heavy atom. The van der Waals surface area contributed by atoms with Gasteiger partial charge in [-0.25, -0.2) is 19.6 Å². The summed E-state index contributed by atoms with van der Waals surface area (Å²) in [7, 11) is 5.34. The molecule has 0 bridgehead atoms. The van der Waals surface area contributed by atoms with Gasteiger partial charge < -0.3 is 10.2 Å². The van der Waals surface area contributed by atoms with Crippen LogP contribution in [0.15, 0.2) is 77.7 Å². The molecule has 12 nitrogen and oxygen atoms in total. The van der Waals surface area contributed by atoms with E-state index in [4.69, 9.17) is 9.98 Å². The maximum absolute atomic E-state index is 13.2. The Kier molecular flexibility index (Phi) is 5.27. The van der Waals surface area contributed by atoms with E-state index in [9.17, 15) is 29.4 Å². The fourth-order valence-corrected chi connectivity index (χ4v) is 5.08. The summed E-state index contributed by atoms with van der Waals surface area (Å²) in [5.41, 5.74) is 0.266. The molecular weight excluding hydrogens is 516 g/mol. The third-order valence-corrected chi connectivity index (χ3v) is 7.29. The van der Waals surface area contributed by atoms with Gasteiger partial charge in [-0.05, 0) is 0 Å². The number of aromatic nitrogens is 4. The summed E-state index contributed by atoms with van der Waals surface area (Å²) >= 11 is 0. The number of nitrogens with zero attached hydrogens (tertiary/aromatic N) is 6. The van der Waals surface area contributed by atoms with Gasteiger partial charge in [-0.2, -0.15) is 0 Å². The molecule has 0 amide bonds. The molecule has 4 aromatic rings. The molecule has 0 saturated carbocycles. The molecule has 40 heavy (non-hydrogen) atoms. The largest absolute Gasteiger partial charge is 0.494 e. The molecule has 2 aliphatic rings. The molecule has 12 heteroatoms. The molecule has 0 spiro atoms. The first-order chi connectivity index (χ1) is 19.0. The number of rotatable bonds is 2. The highest BCUT2D eigenvalue weighted by Crippen LogP contribution is 2.42. The smallest absolute Gasteiger partial charge is 0.333 e. The Morgan fingerprint density at radius 1 is 0.525 bits per heavy atom. The van der Waals surface area contributed by atoms with Gasteiger partial charge in [0.05, 0.1) is 22.8 Å². The Balaban J connectivity index is 1.71. The number of fused-ring (bicyclic) bond motifs is 2. The Morgan fingerprint density at radius 3 is 1.20 bits per heavy atom. The highest BCUT2D eigenvalue weighted by atomic mass is 16.3. The van der Waals surface area contributed by atoms with Crippen molar-refractivity contribution in [3.63, 3.8) is 0 Å². The minimum absolute atomic E-state index is 0.146. The molecule has 4 heterocycles. The highest BCUT2D eigenvalue weighted by Gasteiger charge is 2.34. The zero-order valence-electron chi connectivity index (χ0n) is 21.8. The monoisotopic (exact) mass is 538 g/mol. The van der Waals surface area contributed by atoms with E-state index in [0.717, 1.165) is 18.3 Å². The number of hydrogen-bond acceptors (Lipinski definition) is 8. The van der Waals surface area contributed by atoms with Crippen LogP contribution in [0.25, 0.3) is 11.4 Å². The van der Waals surface area contributed by atoms with Gasteiger partial charge in [-0.3, -0.25) is 27.9 Å². The van der Waals surface area contributed by atoms with Gasteiger partial charge in [-0.15, -0.1) is 0 Å². The van der Waals surface area contributed by atoms with Crippen LogP contribution in [0.3, 0.4) is 0 Å². The molecule has 0 atom stereocenters. The van der Waals surface area contributed by atoms with Gasteiger partial charge in [0.15, 0.2) is 0 Å². The van der Waals surface area contributed by atoms with Gasteiger partial charge in [-0.1, -0.05) is 48.5 Å². The van der Waals surface area contributed by atoms with Crippen LogP contribution in [-0.2, 0) is 28.2 Å². The Hall–Kier alpha value is -5.52. The number of aromatic hydroxyl groups is 2. The minimum Gasteiger partial charge on any atom is -0.494 e. The van der Waals surface area contributed by atoms with E-state index in [1.165, 1.54) is 28.2 Å². The van der Waals surface area contributed by atoms with Crippen LogP contribution in [0.2, 0.25) is 0 Å². The lowest BCUT2D eigenvalue weighted by atomic mass is 9.97. The lowest BCUT2D eigenvalue weighted by Gasteiger charge is -2.10. The van der Waals surface area contributed by atoms with E-state index < -0.39 is 34.3 Å². The minimum atomic E-state index is -0.713. The van der Waals surface area contributed by atoms with Gasteiger partial charge in [0.2, 0.25) is 11.8 Å². The van der Waals surface area contributed by atoms with Crippen LogP contribution >= 0.6 is 0 Å². The standard InChI is InChI=1S/C28H22N6O6/c1-31-23(35)17(24(36)32(2)27(31)39)19-13-9-5-7-11-15(13)21(29-19)22-16-12-8-6-10-14(16)20(30-22)18-25(37)33(3)28(40)34(4)26(18)38/h5-12,35,37H,1-4H3/b22-21+. The predicted octanol–water partition coefficient (Wildman–Crippen LogP) is 0.420. The van der Waals surface area contributed by atoms with Crippen LogP contribution in [-0.4, -0.2) is 39.9 Å². The van der Waals surface area contributed by atoms with E-state index in [1.807, 2.05) is 0 Å². The number of benzene rings is 2.